The third kappa shape index (κ3) is 6.44. The van der Waals surface area contributed by atoms with Crippen molar-refractivity contribution in [2.75, 3.05) is 21.1 Å². The Morgan fingerprint density at radius 2 is 1.53 bits per heavy atom. The molecule has 1 rings (SSSR count). The second kappa shape index (κ2) is 7.46. The molecule has 1 aromatic carbocycles. The second-order valence-electron chi connectivity index (χ2n) is 5.67. The predicted molar refractivity (Wildman–Crippen MR) is 73.3 cm³/mol. The fourth-order valence-corrected chi connectivity index (χ4v) is 2.03. The van der Waals surface area contributed by atoms with Gasteiger partial charge >= 0.3 is 0 Å². The molecule has 0 aliphatic rings. The van der Waals surface area contributed by atoms with Crippen LogP contribution in [0.2, 0.25) is 0 Å². The lowest BCUT2D eigenvalue weighted by molar-refractivity contribution is -0.884. The van der Waals surface area contributed by atoms with Crippen molar-refractivity contribution in [3.8, 4) is 0 Å². The summed E-state index contributed by atoms with van der Waals surface area (Å²) in [7, 11) is 6.76. The van der Waals surface area contributed by atoms with E-state index in [4.69, 9.17) is 0 Å². The van der Waals surface area contributed by atoms with Gasteiger partial charge in [0.25, 0.3) is 0 Å². The van der Waals surface area contributed by atoms with Crippen LogP contribution in [0.3, 0.4) is 0 Å². The van der Waals surface area contributed by atoms with Crippen molar-refractivity contribution in [3.63, 3.8) is 0 Å². The van der Waals surface area contributed by atoms with Crippen molar-refractivity contribution < 1.29 is 9.96 Å². The molecule has 0 aliphatic carbocycles. The Kier molecular flexibility index (Phi) is 7.09. The van der Waals surface area contributed by atoms with Crippen LogP contribution in [0, 0.1) is 0 Å². The highest BCUT2D eigenvalue weighted by atomic mass is 16.0. The number of benzene rings is 1. The molecule has 0 fully saturated rings. The minimum atomic E-state index is 0. The van der Waals surface area contributed by atoms with E-state index in [0.29, 0.717) is 0 Å². The summed E-state index contributed by atoms with van der Waals surface area (Å²) in [5.74, 6) is 0. The first-order chi connectivity index (χ1) is 7.53. The minimum Gasteiger partial charge on any atom is -0.870 e. The van der Waals surface area contributed by atoms with E-state index in [1.807, 2.05) is 0 Å². The van der Waals surface area contributed by atoms with Gasteiger partial charge in [-0.15, -0.1) is 0 Å². The van der Waals surface area contributed by atoms with Crippen LogP contribution in [0.1, 0.15) is 37.3 Å². The molecule has 0 aliphatic heterocycles. The van der Waals surface area contributed by atoms with Crippen molar-refractivity contribution in [2.24, 2.45) is 0 Å². The topological polar surface area (TPSA) is 30.0 Å². The molecule has 0 unspecified atom stereocenters. The van der Waals surface area contributed by atoms with Gasteiger partial charge in [0, 0.05) is 5.56 Å². The highest BCUT2D eigenvalue weighted by Gasteiger charge is 2.11. The average Bonchev–Trinajstić information content (AvgIpc) is 2.19. The van der Waals surface area contributed by atoms with Gasteiger partial charge in [0.05, 0.1) is 21.1 Å². The van der Waals surface area contributed by atoms with Gasteiger partial charge < -0.3 is 9.96 Å². The summed E-state index contributed by atoms with van der Waals surface area (Å²) < 4.78 is 1.00. The number of quaternary nitrogens is 1. The first kappa shape index (κ1) is 16.1. The van der Waals surface area contributed by atoms with E-state index in [-0.39, 0.29) is 5.48 Å². The van der Waals surface area contributed by atoms with Crippen LogP contribution in [0.5, 0.6) is 0 Å². The van der Waals surface area contributed by atoms with Crippen LogP contribution in [-0.4, -0.2) is 31.1 Å². The fourth-order valence-electron chi connectivity index (χ4n) is 2.03. The summed E-state index contributed by atoms with van der Waals surface area (Å²) in [6.07, 6.45) is 5.21. The monoisotopic (exact) mass is 237 g/mol. The van der Waals surface area contributed by atoms with Gasteiger partial charge in [-0.05, 0) is 18.4 Å². The number of hydrogen-bond donors (Lipinski definition) is 0. The van der Waals surface area contributed by atoms with E-state index in [2.05, 4.69) is 52.3 Å². The molecule has 1 N–H and O–H groups in total. The Labute approximate surface area is 106 Å². The molecule has 0 heterocycles. The average molecular weight is 237 g/mol. The molecule has 2 heteroatoms. The van der Waals surface area contributed by atoms with E-state index in [9.17, 15) is 0 Å². The Balaban J connectivity index is 0.00000256. The van der Waals surface area contributed by atoms with Crippen LogP contribution < -0.4 is 0 Å². The molecule has 0 amide bonds. The van der Waals surface area contributed by atoms with Gasteiger partial charge in [-0.1, -0.05) is 44.0 Å². The Morgan fingerprint density at radius 3 is 2.06 bits per heavy atom. The van der Waals surface area contributed by atoms with Crippen molar-refractivity contribution in [2.45, 2.75) is 39.2 Å². The van der Waals surface area contributed by atoms with Crippen LogP contribution in [-0.2, 0) is 13.0 Å². The molecule has 2 nitrogen and oxygen atoms in total. The zero-order valence-corrected chi connectivity index (χ0v) is 11.7. The SMILES string of the molecule is CCCCCc1ccccc1C[N+](C)(C)C.[OH-]. The highest BCUT2D eigenvalue weighted by Crippen LogP contribution is 2.16. The van der Waals surface area contributed by atoms with E-state index in [1.54, 1.807) is 5.56 Å². The molecule has 0 bridgehead atoms. The van der Waals surface area contributed by atoms with E-state index < -0.39 is 0 Å². The summed E-state index contributed by atoms with van der Waals surface area (Å²) in [4.78, 5) is 0. The number of nitrogens with zero attached hydrogens (tertiary/aromatic N) is 1. The van der Waals surface area contributed by atoms with Crippen LogP contribution in [0.4, 0.5) is 0 Å². The lowest BCUT2D eigenvalue weighted by Gasteiger charge is -2.25. The third-order valence-electron chi connectivity index (χ3n) is 2.81. The summed E-state index contributed by atoms with van der Waals surface area (Å²) in [6.45, 7) is 3.39. The molecule has 0 spiro atoms. The normalized spacial score (nSPS) is 11.1. The van der Waals surface area contributed by atoms with E-state index >= 15 is 0 Å². The largest absolute Gasteiger partial charge is 0.870 e. The summed E-state index contributed by atoms with van der Waals surface area (Å²) in [5, 5.41) is 0. The quantitative estimate of drug-likeness (QED) is 0.550. The van der Waals surface area contributed by atoms with Crippen molar-refractivity contribution >= 4 is 0 Å². The smallest absolute Gasteiger partial charge is 0.104 e. The van der Waals surface area contributed by atoms with E-state index in [1.165, 1.54) is 31.2 Å². The Hall–Kier alpha value is -0.860. The molecular formula is C15H27NO. The Bertz CT molecular complexity index is 315. The van der Waals surface area contributed by atoms with Crippen molar-refractivity contribution in [1.82, 2.24) is 0 Å². The molecule has 1 aromatic rings. The molecule has 0 atom stereocenters. The fraction of sp³-hybridized carbons (Fsp3) is 0.600. The van der Waals surface area contributed by atoms with Crippen LogP contribution in [0.15, 0.2) is 24.3 Å². The maximum absolute atomic E-state index is 2.29. The highest BCUT2D eigenvalue weighted by molar-refractivity contribution is 5.26. The molecule has 0 saturated carbocycles. The molecule has 17 heavy (non-hydrogen) atoms. The molecule has 98 valence electrons. The zero-order valence-electron chi connectivity index (χ0n) is 11.7. The lowest BCUT2D eigenvalue weighted by atomic mass is 10.0. The third-order valence-corrected chi connectivity index (χ3v) is 2.81. The maximum Gasteiger partial charge on any atom is 0.104 e. The summed E-state index contributed by atoms with van der Waals surface area (Å²) in [5.41, 5.74) is 3.06. The zero-order chi connectivity index (χ0) is 12.0. The summed E-state index contributed by atoms with van der Waals surface area (Å²) >= 11 is 0. The van der Waals surface area contributed by atoms with E-state index in [0.717, 1.165) is 11.0 Å². The second-order valence-corrected chi connectivity index (χ2v) is 5.67. The van der Waals surface area contributed by atoms with Gasteiger partial charge in [0.2, 0.25) is 0 Å². The van der Waals surface area contributed by atoms with Crippen LogP contribution >= 0.6 is 0 Å². The first-order valence-electron chi connectivity index (χ1n) is 6.40. The number of unbranched alkanes of at least 4 members (excludes halogenated alkanes) is 2. The summed E-state index contributed by atoms with van der Waals surface area (Å²) in [6, 6.07) is 8.90. The van der Waals surface area contributed by atoms with Gasteiger partial charge in [0.1, 0.15) is 6.54 Å². The van der Waals surface area contributed by atoms with Crippen molar-refractivity contribution in [3.05, 3.63) is 35.4 Å². The Morgan fingerprint density at radius 1 is 0.941 bits per heavy atom. The predicted octanol–water partition coefficient (Wildman–Crippen LogP) is 3.45. The van der Waals surface area contributed by atoms with Gasteiger partial charge in [-0.25, -0.2) is 0 Å². The minimum absolute atomic E-state index is 0. The first-order valence-corrected chi connectivity index (χ1v) is 6.40. The number of rotatable bonds is 6. The van der Waals surface area contributed by atoms with Gasteiger partial charge in [-0.3, -0.25) is 0 Å². The molecule has 0 saturated heterocycles. The maximum atomic E-state index is 2.29. The molecular weight excluding hydrogens is 210 g/mol. The molecule has 0 radical (unpaired) electrons. The molecule has 0 aromatic heterocycles. The van der Waals surface area contributed by atoms with Crippen molar-refractivity contribution in [1.29, 1.82) is 0 Å². The van der Waals surface area contributed by atoms with Crippen LogP contribution in [0.25, 0.3) is 0 Å². The standard InChI is InChI=1S/C15H26N.H2O/c1-5-6-7-10-14-11-8-9-12-15(14)13-16(2,3)4;/h8-9,11-12H,5-7,10,13H2,1-4H3;1H2/q+1;/p-1. The lowest BCUT2D eigenvalue weighted by Crippen LogP contribution is -2.33. The van der Waals surface area contributed by atoms with Gasteiger partial charge in [-0.2, -0.15) is 0 Å². The van der Waals surface area contributed by atoms with Gasteiger partial charge in [0.15, 0.2) is 0 Å². The number of aryl methyl sites for hydroxylation is 1. The number of hydrogen-bond acceptors (Lipinski definition) is 1.